The molecular formula is C15H14NO3. The highest BCUT2D eigenvalue weighted by Crippen LogP contribution is 2.16. The van der Waals surface area contributed by atoms with Crippen LogP contribution in [0.3, 0.4) is 0 Å². The van der Waals surface area contributed by atoms with Crippen molar-refractivity contribution in [2.24, 2.45) is 0 Å². The Balaban J connectivity index is 1.95. The third-order valence-corrected chi connectivity index (χ3v) is 2.84. The summed E-state index contributed by atoms with van der Waals surface area (Å²) < 4.78 is 5.09. The summed E-state index contributed by atoms with van der Waals surface area (Å²) >= 11 is 0. The van der Waals surface area contributed by atoms with Crippen molar-refractivity contribution in [1.82, 2.24) is 0 Å². The Hall–Kier alpha value is -2.36. The molecule has 0 saturated heterocycles. The van der Waals surface area contributed by atoms with E-state index in [1.54, 1.807) is 19.2 Å². The van der Waals surface area contributed by atoms with Gasteiger partial charge in [0.2, 0.25) is 0 Å². The molecule has 19 heavy (non-hydrogen) atoms. The van der Waals surface area contributed by atoms with Gasteiger partial charge in [0.1, 0.15) is 5.75 Å². The van der Waals surface area contributed by atoms with Crippen LogP contribution in [0.15, 0.2) is 48.5 Å². The molecule has 4 nitrogen and oxygen atoms in total. The zero-order valence-corrected chi connectivity index (χ0v) is 10.6. The smallest absolute Gasteiger partial charge is 0.269 e. The molecule has 0 aliphatic heterocycles. The number of benzene rings is 2. The van der Waals surface area contributed by atoms with Crippen molar-refractivity contribution >= 4 is 5.69 Å². The summed E-state index contributed by atoms with van der Waals surface area (Å²) in [6.07, 6.45) is 2.81. The first-order valence-corrected chi connectivity index (χ1v) is 5.89. The molecule has 1 radical (unpaired) electrons. The number of rotatable bonds is 5. The average molecular weight is 256 g/mol. The number of nitro groups is 1. The standard InChI is InChI=1S/C15H14NO3/c1-19-15-10-6-13(7-11-15)3-2-12-4-8-14(9-5-12)16(17)18/h3-11H,2H2,1H3. The molecule has 4 heteroatoms. The van der Waals surface area contributed by atoms with Crippen molar-refractivity contribution in [3.05, 3.63) is 76.2 Å². The Morgan fingerprint density at radius 1 is 1.11 bits per heavy atom. The van der Waals surface area contributed by atoms with Crippen LogP contribution in [-0.2, 0) is 6.42 Å². The molecule has 0 amide bonds. The zero-order chi connectivity index (χ0) is 13.7. The zero-order valence-electron chi connectivity index (χ0n) is 10.6. The molecule has 0 aliphatic carbocycles. The minimum Gasteiger partial charge on any atom is -0.497 e. The van der Waals surface area contributed by atoms with Gasteiger partial charge >= 0.3 is 0 Å². The van der Waals surface area contributed by atoms with Crippen LogP contribution in [0.25, 0.3) is 0 Å². The van der Waals surface area contributed by atoms with Crippen LogP contribution < -0.4 is 4.74 Å². The van der Waals surface area contributed by atoms with Gasteiger partial charge in [0, 0.05) is 12.1 Å². The first-order chi connectivity index (χ1) is 9.19. The Morgan fingerprint density at radius 2 is 1.74 bits per heavy atom. The van der Waals surface area contributed by atoms with Crippen molar-refractivity contribution in [3.63, 3.8) is 0 Å². The van der Waals surface area contributed by atoms with Crippen LogP contribution in [0, 0.1) is 16.5 Å². The van der Waals surface area contributed by atoms with Gasteiger partial charge < -0.3 is 4.74 Å². The molecule has 0 fully saturated rings. The molecule has 0 aliphatic rings. The van der Waals surface area contributed by atoms with Crippen LogP contribution in [0.2, 0.25) is 0 Å². The summed E-state index contributed by atoms with van der Waals surface area (Å²) in [4.78, 5) is 10.1. The van der Waals surface area contributed by atoms with Gasteiger partial charge in [-0.15, -0.1) is 0 Å². The molecular weight excluding hydrogens is 242 g/mol. The van der Waals surface area contributed by atoms with E-state index in [9.17, 15) is 10.1 Å². The van der Waals surface area contributed by atoms with Crippen LogP contribution in [0.1, 0.15) is 11.1 Å². The lowest BCUT2D eigenvalue weighted by Crippen LogP contribution is -1.91. The molecule has 0 bridgehead atoms. The van der Waals surface area contributed by atoms with Gasteiger partial charge in [-0.1, -0.05) is 24.3 Å². The molecule has 0 N–H and O–H groups in total. The number of ether oxygens (including phenoxy) is 1. The van der Waals surface area contributed by atoms with E-state index in [2.05, 4.69) is 6.42 Å². The van der Waals surface area contributed by atoms with Crippen LogP contribution in [-0.4, -0.2) is 12.0 Å². The minimum atomic E-state index is -0.392. The van der Waals surface area contributed by atoms with Gasteiger partial charge in [0.05, 0.1) is 12.0 Å². The highest BCUT2D eigenvalue weighted by atomic mass is 16.6. The summed E-state index contributed by atoms with van der Waals surface area (Å²) in [5.41, 5.74) is 2.26. The summed E-state index contributed by atoms with van der Waals surface area (Å²) in [5, 5.41) is 10.5. The fourth-order valence-electron chi connectivity index (χ4n) is 1.73. The summed E-state index contributed by atoms with van der Waals surface area (Å²) in [5.74, 6) is 0.826. The van der Waals surface area contributed by atoms with Crippen molar-refractivity contribution in [3.8, 4) is 5.75 Å². The van der Waals surface area contributed by atoms with Gasteiger partial charge in [-0.05, 0) is 36.1 Å². The number of hydrogen-bond acceptors (Lipinski definition) is 3. The Labute approximate surface area is 111 Å². The van der Waals surface area contributed by atoms with E-state index in [4.69, 9.17) is 4.74 Å². The maximum absolute atomic E-state index is 10.5. The van der Waals surface area contributed by atoms with Gasteiger partial charge in [-0.25, -0.2) is 0 Å². The molecule has 0 unspecified atom stereocenters. The van der Waals surface area contributed by atoms with Gasteiger partial charge in [-0.3, -0.25) is 10.1 Å². The van der Waals surface area contributed by atoms with Crippen molar-refractivity contribution in [2.45, 2.75) is 6.42 Å². The van der Waals surface area contributed by atoms with E-state index in [0.717, 1.165) is 23.3 Å². The Kier molecular flexibility index (Phi) is 4.13. The molecule has 0 saturated carbocycles. The molecule has 0 atom stereocenters. The second-order valence-electron chi connectivity index (χ2n) is 4.10. The second-order valence-corrected chi connectivity index (χ2v) is 4.10. The number of nitrogens with zero attached hydrogens (tertiary/aromatic N) is 1. The monoisotopic (exact) mass is 256 g/mol. The minimum absolute atomic E-state index is 0.119. The van der Waals surface area contributed by atoms with Gasteiger partial charge in [-0.2, -0.15) is 0 Å². The number of hydrogen-bond donors (Lipinski definition) is 0. The maximum atomic E-state index is 10.5. The molecule has 2 aromatic rings. The number of non-ortho nitro benzene ring substituents is 1. The fourth-order valence-corrected chi connectivity index (χ4v) is 1.73. The van der Waals surface area contributed by atoms with E-state index >= 15 is 0 Å². The number of methoxy groups -OCH3 is 1. The molecule has 0 heterocycles. The summed E-state index contributed by atoms with van der Waals surface area (Å²) in [7, 11) is 1.63. The highest BCUT2D eigenvalue weighted by Gasteiger charge is 2.04. The van der Waals surface area contributed by atoms with Gasteiger partial charge in [0.25, 0.3) is 5.69 Å². The molecule has 2 rings (SSSR count). The largest absolute Gasteiger partial charge is 0.497 e. The topological polar surface area (TPSA) is 52.4 Å². The molecule has 0 spiro atoms. The van der Waals surface area contributed by atoms with Gasteiger partial charge in [0.15, 0.2) is 0 Å². The highest BCUT2D eigenvalue weighted by molar-refractivity contribution is 5.36. The summed E-state index contributed by atoms with van der Waals surface area (Å²) in [6.45, 7) is 0. The van der Waals surface area contributed by atoms with Crippen LogP contribution in [0.4, 0.5) is 5.69 Å². The quantitative estimate of drug-likeness (QED) is 0.608. The lowest BCUT2D eigenvalue weighted by atomic mass is 10.0. The summed E-state index contributed by atoms with van der Waals surface area (Å²) in [6, 6.07) is 14.4. The van der Waals surface area contributed by atoms with E-state index in [1.807, 2.05) is 24.3 Å². The third-order valence-electron chi connectivity index (χ3n) is 2.84. The fraction of sp³-hybridized carbons (Fsp3) is 0.133. The van der Waals surface area contributed by atoms with E-state index in [0.29, 0.717) is 0 Å². The first kappa shape index (κ1) is 13.1. The predicted octanol–water partition coefficient (Wildman–Crippen LogP) is 3.40. The first-order valence-electron chi connectivity index (χ1n) is 5.89. The lowest BCUT2D eigenvalue weighted by molar-refractivity contribution is -0.384. The average Bonchev–Trinajstić information content (AvgIpc) is 2.46. The molecule has 97 valence electrons. The molecule has 0 aromatic heterocycles. The van der Waals surface area contributed by atoms with E-state index < -0.39 is 4.92 Å². The van der Waals surface area contributed by atoms with Crippen molar-refractivity contribution in [2.75, 3.05) is 7.11 Å². The lowest BCUT2D eigenvalue weighted by Gasteiger charge is -2.03. The Morgan fingerprint density at radius 3 is 2.26 bits per heavy atom. The number of nitro benzene ring substituents is 1. The van der Waals surface area contributed by atoms with Crippen molar-refractivity contribution < 1.29 is 9.66 Å². The maximum Gasteiger partial charge on any atom is 0.269 e. The predicted molar refractivity (Wildman–Crippen MR) is 73.2 cm³/mol. The SMILES string of the molecule is COc1ccc([CH]Cc2ccc([N+](=O)[O-])cc2)cc1. The van der Waals surface area contributed by atoms with E-state index in [-0.39, 0.29) is 5.69 Å². The van der Waals surface area contributed by atoms with Crippen LogP contribution >= 0.6 is 0 Å². The third kappa shape index (κ3) is 3.55. The molecule has 2 aromatic carbocycles. The normalized spacial score (nSPS) is 10.2. The van der Waals surface area contributed by atoms with Crippen LogP contribution in [0.5, 0.6) is 5.75 Å². The second kappa shape index (κ2) is 6.00. The Bertz CT molecular complexity index is 547. The van der Waals surface area contributed by atoms with Crippen molar-refractivity contribution in [1.29, 1.82) is 0 Å². The van der Waals surface area contributed by atoms with E-state index in [1.165, 1.54) is 12.1 Å².